The van der Waals surface area contributed by atoms with Crippen molar-refractivity contribution in [3.8, 4) is 11.1 Å². The molecule has 0 bridgehead atoms. The molecule has 4 aromatic carbocycles. The Kier molecular flexibility index (Phi) is 13.6. The van der Waals surface area contributed by atoms with E-state index >= 15 is 0 Å². The van der Waals surface area contributed by atoms with Gasteiger partial charge in [0.25, 0.3) is 0 Å². The van der Waals surface area contributed by atoms with Crippen LogP contribution in [-0.2, 0) is 36.1 Å². The molecule has 1 aliphatic carbocycles. The third-order valence-electron chi connectivity index (χ3n) is 6.05. The predicted molar refractivity (Wildman–Crippen MR) is 151 cm³/mol. The summed E-state index contributed by atoms with van der Waals surface area (Å²) in [5.41, 5.74) is 10.7. The Bertz CT molecular complexity index is 1240. The van der Waals surface area contributed by atoms with Crippen LogP contribution < -0.4 is 24.8 Å². The summed E-state index contributed by atoms with van der Waals surface area (Å²) in [6.45, 7) is 16.5. The van der Waals surface area contributed by atoms with Crippen molar-refractivity contribution in [3.05, 3.63) is 138 Å². The van der Waals surface area contributed by atoms with Gasteiger partial charge < -0.3 is 24.8 Å². The first-order valence-corrected chi connectivity index (χ1v) is 13.2. The van der Waals surface area contributed by atoms with Gasteiger partial charge in [0.1, 0.15) is 0 Å². The van der Waals surface area contributed by atoms with Crippen molar-refractivity contribution in [2.45, 2.75) is 39.5 Å². The van der Waals surface area contributed by atoms with Crippen molar-refractivity contribution in [1.82, 2.24) is 0 Å². The first kappa shape index (κ1) is 32.9. The maximum absolute atomic E-state index is 3.82. The molecule has 0 aromatic heterocycles. The topological polar surface area (TPSA) is 0 Å². The zero-order valence-electron chi connectivity index (χ0n) is 22.1. The molecule has 3 heteroatoms. The van der Waals surface area contributed by atoms with Crippen LogP contribution in [0.1, 0.15) is 61.1 Å². The van der Waals surface area contributed by atoms with Gasteiger partial charge in [-0.2, -0.15) is 47.5 Å². The quantitative estimate of drug-likeness (QED) is 0.278. The first-order valence-electron chi connectivity index (χ1n) is 12.0. The van der Waals surface area contributed by atoms with E-state index in [-0.39, 0.29) is 24.8 Å². The van der Waals surface area contributed by atoms with Crippen molar-refractivity contribution in [1.29, 1.82) is 0 Å². The minimum Gasteiger partial charge on any atom is -1.00 e. The normalized spacial score (nSPS) is 10.5. The SMILES string of the molecule is C=Cc1c[c-]c2c(c1)-c1cc(C=C)ccc1C2.CC(C)(C)c1cc[cH-]c1.C[C](=[Zr+2])c1ccccc1.[Cl-].[Cl-]. The third kappa shape index (κ3) is 9.26. The van der Waals surface area contributed by atoms with Crippen LogP contribution in [0.15, 0.2) is 98.1 Å². The van der Waals surface area contributed by atoms with Gasteiger partial charge in [0.15, 0.2) is 0 Å². The largest absolute Gasteiger partial charge is 1.00 e. The molecule has 0 amide bonds. The molecule has 0 nitrogen and oxygen atoms in total. The third-order valence-corrected chi connectivity index (χ3v) is 6.76. The molecular formula is C34H34Cl2Zr-2. The monoisotopic (exact) mass is 602 g/mol. The maximum Gasteiger partial charge on any atom is -1.00 e. The second-order valence-corrected chi connectivity index (χ2v) is 11.6. The van der Waals surface area contributed by atoms with E-state index in [0.29, 0.717) is 5.41 Å². The smallest absolute Gasteiger partial charge is 1.00 e. The van der Waals surface area contributed by atoms with Gasteiger partial charge in [-0.05, 0) is 12.0 Å². The zero-order valence-corrected chi connectivity index (χ0v) is 26.1. The molecule has 37 heavy (non-hydrogen) atoms. The second-order valence-electron chi connectivity index (χ2n) is 9.74. The summed E-state index contributed by atoms with van der Waals surface area (Å²) in [4.78, 5) is 0. The number of benzene rings is 3. The molecule has 0 saturated carbocycles. The van der Waals surface area contributed by atoms with Crippen LogP contribution >= 0.6 is 0 Å². The standard InChI is InChI=1S/C17H13.C9H13.C8H8.2ClH.Zr/c1-3-12-5-7-14-11-15-8-6-13(4-2)10-17(15)16(14)9-12;1-9(2,3)8-6-4-5-7-8;1-2-8-6-4-3-5-7-8;;;/h3-7,9-10H,1-2,11H2;4-7H,1-3H3;3-7H,1H3;2*1H;/q2*-1;;;;+2/p-2. The Balaban J connectivity index is 0.000000295. The van der Waals surface area contributed by atoms with E-state index in [1.807, 2.05) is 24.3 Å². The van der Waals surface area contributed by atoms with Crippen LogP contribution in [0.4, 0.5) is 0 Å². The summed E-state index contributed by atoms with van der Waals surface area (Å²) in [6.07, 6.45) is 4.74. The van der Waals surface area contributed by atoms with E-state index < -0.39 is 0 Å². The summed E-state index contributed by atoms with van der Waals surface area (Å²) in [6, 6.07) is 33.0. The predicted octanol–water partition coefficient (Wildman–Crippen LogP) is 2.83. The molecule has 1 aliphatic rings. The molecule has 0 unspecified atom stereocenters. The van der Waals surface area contributed by atoms with E-state index in [4.69, 9.17) is 0 Å². The van der Waals surface area contributed by atoms with Crippen LogP contribution in [0.2, 0.25) is 0 Å². The van der Waals surface area contributed by atoms with E-state index in [1.165, 1.54) is 66.4 Å². The van der Waals surface area contributed by atoms with Crippen molar-refractivity contribution in [3.63, 3.8) is 0 Å². The Hall–Kier alpha value is -2.18. The van der Waals surface area contributed by atoms with E-state index in [0.717, 1.165) is 12.0 Å². The second kappa shape index (κ2) is 15.3. The molecule has 0 atom stereocenters. The fraction of sp³-hybridized carbons (Fsp3) is 0.176. The van der Waals surface area contributed by atoms with Crippen molar-refractivity contribution in [2.75, 3.05) is 0 Å². The Morgan fingerprint density at radius 2 is 1.57 bits per heavy atom. The van der Waals surface area contributed by atoms with Crippen LogP contribution in [0.25, 0.3) is 23.3 Å². The van der Waals surface area contributed by atoms with Crippen molar-refractivity contribution in [2.24, 2.45) is 0 Å². The van der Waals surface area contributed by atoms with E-state index in [1.54, 1.807) is 0 Å². The molecule has 0 radical (unpaired) electrons. The van der Waals surface area contributed by atoms with Crippen molar-refractivity contribution >= 4 is 15.4 Å². The molecule has 0 N–H and O–H groups in total. The van der Waals surface area contributed by atoms with Crippen LogP contribution in [0.5, 0.6) is 0 Å². The summed E-state index contributed by atoms with van der Waals surface area (Å²) < 4.78 is 1.46. The fourth-order valence-electron chi connectivity index (χ4n) is 3.93. The van der Waals surface area contributed by atoms with Crippen LogP contribution in [-0.4, -0.2) is 3.21 Å². The van der Waals surface area contributed by atoms with Gasteiger partial charge in [-0.15, -0.1) is 23.8 Å². The van der Waals surface area contributed by atoms with Crippen molar-refractivity contribution < 1.29 is 49.0 Å². The Morgan fingerprint density at radius 1 is 0.919 bits per heavy atom. The van der Waals surface area contributed by atoms with Crippen LogP contribution in [0.3, 0.4) is 0 Å². The number of fused-ring (bicyclic) bond motifs is 3. The maximum atomic E-state index is 3.82. The number of rotatable bonds is 3. The Morgan fingerprint density at radius 3 is 2.05 bits per heavy atom. The molecule has 0 aliphatic heterocycles. The van der Waals surface area contributed by atoms with Gasteiger partial charge in [-0.1, -0.05) is 68.2 Å². The molecule has 4 aromatic rings. The number of hydrogen-bond donors (Lipinski definition) is 0. The summed E-state index contributed by atoms with van der Waals surface area (Å²) in [5, 5.41) is 0. The molecular weight excluding hydrogens is 571 g/mol. The molecule has 0 saturated heterocycles. The minimum absolute atomic E-state index is 0. The first-order chi connectivity index (χ1) is 16.7. The molecule has 0 spiro atoms. The average Bonchev–Trinajstić information content (AvgIpc) is 3.53. The summed E-state index contributed by atoms with van der Waals surface area (Å²) >= 11 is 1.51. The van der Waals surface area contributed by atoms with Crippen LogP contribution in [0, 0.1) is 6.07 Å². The zero-order chi connectivity index (χ0) is 25.4. The van der Waals surface area contributed by atoms with Gasteiger partial charge in [0, 0.05) is 0 Å². The van der Waals surface area contributed by atoms with Gasteiger partial charge in [0.05, 0.1) is 0 Å². The van der Waals surface area contributed by atoms with E-state index in [2.05, 4.69) is 120 Å². The fourth-order valence-corrected chi connectivity index (χ4v) is 4.34. The molecule has 190 valence electrons. The van der Waals surface area contributed by atoms with Gasteiger partial charge in [-0.3, -0.25) is 0 Å². The van der Waals surface area contributed by atoms with E-state index in [9.17, 15) is 0 Å². The Labute approximate surface area is 251 Å². The van der Waals surface area contributed by atoms with Gasteiger partial charge in [-0.25, -0.2) is 6.07 Å². The summed E-state index contributed by atoms with van der Waals surface area (Å²) in [7, 11) is 0. The minimum atomic E-state index is 0. The summed E-state index contributed by atoms with van der Waals surface area (Å²) in [5.74, 6) is 0. The molecule has 5 rings (SSSR count). The van der Waals surface area contributed by atoms with Gasteiger partial charge >= 0.3 is 70.3 Å². The van der Waals surface area contributed by atoms with Gasteiger partial charge in [0.2, 0.25) is 0 Å². The number of hydrogen-bond acceptors (Lipinski definition) is 0. The molecule has 0 fully saturated rings. The average molecular weight is 605 g/mol. The molecule has 0 heterocycles. The number of halogens is 2.